The van der Waals surface area contributed by atoms with Crippen LogP contribution in [0.4, 0.5) is 0 Å². The second kappa shape index (κ2) is 5.16. The van der Waals surface area contributed by atoms with Gasteiger partial charge in [0.2, 0.25) is 10.0 Å². The highest BCUT2D eigenvalue weighted by atomic mass is 32.2. The van der Waals surface area contributed by atoms with E-state index in [0.29, 0.717) is 0 Å². The van der Waals surface area contributed by atoms with E-state index in [0.717, 1.165) is 4.31 Å². The topological polar surface area (TPSA) is 95.3 Å². The van der Waals surface area contributed by atoms with Gasteiger partial charge in [0.15, 0.2) is 9.84 Å². The van der Waals surface area contributed by atoms with Crippen LogP contribution in [0.3, 0.4) is 0 Å². The van der Waals surface area contributed by atoms with E-state index in [2.05, 4.69) is 0 Å². The lowest BCUT2D eigenvalue weighted by molar-refractivity contribution is 0.356. The standard InChI is InChI=1S/C12H14N2O4S2/c1-10-9-19(15,16)7-6-14(10)20(17,18)12-5-3-2-4-11(12)8-13/h2-5,10H,6-7,9H2,1H3. The van der Waals surface area contributed by atoms with Gasteiger partial charge in [-0.2, -0.15) is 9.57 Å². The molecule has 8 heteroatoms. The lowest BCUT2D eigenvalue weighted by atomic mass is 10.2. The van der Waals surface area contributed by atoms with Crippen LogP contribution in [-0.2, 0) is 19.9 Å². The zero-order valence-corrected chi connectivity index (χ0v) is 12.5. The Morgan fingerprint density at radius 2 is 2.00 bits per heavy atom. The second-order valence-electron chi connectivity index (χ2n) is 4.69. The van der Waals surface area contributed by atoms with Gasteiger partial charge in [-0.3, -0.25) is 0 Å². The number of nitrogens with zero attached hydrogens (tertiary/aromatic N) is 2. The van der Waals surface area contributed by atoms with Crippen LogP contribution in [0.1, 0.15) is 12.5 Å². The van der Waals surface area contributed by atoms with E-state index in [9.17, 15) is 16.8 Å². The highest BCUT2D eigenvalue weighted by Crippen LogP contribution is 2.24. The van der Waals surface area contributed by atoms with Crippen molar-refractivity contribution in [3.63, 3.8) is 0 Å². The average molecular weight is 314 g/mol. The molecule has 0 aromatic heterocycles. The summed E-state index contributed by atoms with van der Waals surface area (Å²) in [6.07, 6.45) is 0. The first-order valence-electron chi connectivity index (χ1n) is 5.99. The van der Waals surface area contributed by atoms with E-state index in [1.807, 2.05) is 6.07 Å². The zero-order valence-electron chi connectivity index (χ0n) is 10.9. The van der Waals surface area contributed by atoms with Crippen LogP contribution in [0.2, 0.25) is 0 Å². The predicted octanol–water partition coefficient (Wildman–Crippen LogP) is 0.366. The average Bonchev–Trinajstić information content (AvgIpc) is 2.37. The molecule has 0 N–H and O–H groups in total. The maximum absolute atomic E-state index is 12.6. The molecule has 0 amide bonds. The molecule has 6 nitrogen and oxygen atoms in total. The molecule has 0 aliphatic carbocycles. The molecule has 1 aliphatic heterocycles. The van der Waals surface area contributed by atoms with E-state index in [-0.39, 0.29) is 28.5 Å². The molecule has 1 atom stereocenters. The molecular weight excluding hydrogens is 300 g/mol. The SMILES string of the molecule is CC1CS(=O)(=O)CCN1S(=O)(=O)c1ccccc1C#N. The minimum Gasteiger partial charge on any atom is -0.229 e. The van der Waals surface area contributed by atoms with Crippen molar-refractivity contribution in [3.8, 4) is 6.07 Å². The number of rotatable bonds is 2. The molecule has 1 fully saturated rings. The van der Waals surface area contributed by atoms with E-state index in [4.69, 9.17) is 5.26 Å². The van der Waals surface area contributed by atoms with Crippen molar-refractivity contribution in [3.05, 3.63) is 29.8 Å². The summed E-state index contributed by atoms with van der Waals surface area (Å²) >= 11 is 0. The minimum absolute atomic E-state index is 0.0631. The Morgan fingerprint density at radius 3 is 2.60 bits per heavy atom. The van der Waals surface area contributed by atoms with Crippen LogP contribution >= 0.6 is 0 Å². The number of benzene rings is 1. The second-order valence-corrected chi connectivity index (χ2v) is 8.77. The van der Waals surface area contributed by atoms with Crippen LogP contribution in [-0.4, -0.2) is 45.2 Å². The Labute approximate surface area is 118 Å². The largest absolute Gasteiger partial charge is 0.244 e. The molecule has 0 bridgehead atoms. The maximum Gasteiger partial charge on any atom is 0.244 e. The van der Waals surface area contributed by atoms with Gasteiger partial charge in [-0.15, -0.1) is 0 Å². The Kier molecular flexibility index (Phi) is 3.86. The van der Waals surface area contributed by atoms with Crippen LogP contribution in [0.25, 0.3) is 0 Å². The molecule has 0 saturated carbocycles. The highest BCUT2D eigenvalue weighted by Gasteiger charge is 2.37. The fraction of sp³-hybridized carbons (Fsp3) is 0.417. The fourth-order valence-corrected chi connectivity index (χ4v) is 5.79. The Balaban J connectivity index is 2.44. The van der Waals surface area contributed by atoms with E-state index in [1.165, 1.54) is 12.1 Å². The Bertz CT molecular complexity index is 763. The van der Waals surface area contributed by atoms with Gasteiger partial charge in [0.1, 0.15) is 6.07 Å². The van der Waals surface area contributed by atoms with Crippen molar-refractivity contribution in [2.45, 2.75) is 17.9 Å². The number of hydrogen-bond acceptors (Lipinski definition) is 5. The molecule has 1 aliphatic rings. The van der Waals surface area contributed by atoms with Crippen LogP contribution in [0.5, 0.6) is 0 Å². The first kappa shape index (κ1) is 15.0. The molecule has 1 aromatic carbocycles. The molecule has 1 unspecified atom stereocenters. The molecule has 2 rings (SSSR count). The van der Waals surface area contributed by atoms with Gasteiger partial charge in [-0.25, -0.2) is 16.8 Å². The van der Waals surface area contributed by atoms with Crippen molar-refractivity contribution in [2.75, 3.05) is 18.1 Å². The third kappa shape index (κ3) is 2.70. The first-order chi connectivity index (χ1) is 9.28. The summed E-state index contributed by atoms with van der Waals surface area (Å²) < 4.78 is 49.3. The number of nitriles is 1. The number of hydrogen-bond donors (Lipinski definition) is 0. The highest BCUT2D eigenvalue weighted by molar-refractivity contribution is 7.92. The molecule has 0 spiro atoms. The van der Waals surface area contributed by atoms with Crippen LogP contribution in [0, 0.1) is 11.3 Å². The van der Waals surface area contributed by atoms with Crippen molar-refractivity contribution >= 4 is 19.9 Å². The van der Waals surface area contributed by atoms with Gasteiger partial charge < -0.3 is 0 Å². The van der Waals surface area contributed by atoms with E-state index >= 15 is 0 Å². The third-order valence-electron chi connectivity index (χ3n) is 3.20. The quantitative estimate of drug-likeness (QED) is 0.785. The molecule has 20 heavy (non-hydrogen) atoms. The smallest absolute Gasteiger partial charge is 0.229 e. The van der Waals surface area contributed by atoms with Gasteiger partial charge in [0, 0.05) is 12.6 Å². The zero-order chi connectivity index (χ0) is 15.0. The van der Waals surface area contributed by atoms with Crippen molar-refractivity contribution < 1.29 is 16.8 Å². The molecular formula is C12H14N2O4S2. The molecule has 108 valence electrons. The predicted molar refractivity (Wildman–Crippen MR) is 73.2 cm³/mol. The minimum atomic E-state index is -3.86. The molecule has 1 aromatic rings. The van der Waals surface area contributed by atoms with Crippen molar-refractivity contribution in [1.82, 2.24) is 4.31 Å². The molecule has 1 saturated heterocycles. The number of sulfonamides is 1. The lowest BCUT2D eigenvalue weighted by Gasteiger charge is -2.32. The summed E-state index contributed by atoms with van der Waals surface area (Å²) in [5, 5.41) is 9.00. The first-order valence-corrected chi connectivity index (χ1v) is 9.25. The van der Waals surface area contributed by atoms with Gasteiger partial charge in [0.25, 0.3) is 0 Å². The monoisotopic (exact) mass is 314 g/mol. The summed E-state index contributed by atoms with van der Waals surface area (Å²) in [6, 6.07) is 7.13. The van der Waals surface area contributed by atoms with E-state index < -0.39 is 25.9 Å². The molecule has 0 radical (unpaired) electrons. The van der Waals surface area contributed by atoms with Gasteiger partial charge in [-0.1, -0.05) is 12.1 Å². The van der Waals surface area contributed by atoms with Gasteiger partial charge in [0.05, 0.1) is 22.0 Å². The summed E-state index contributed by atoms with van der Waals surface area (Å²) in [5.41, 5.74) is 0.0631. The van der Waals surface area contributed by atoms with E-state index in [1.54, 1.807) is 19.1 Å². The van der Waals surface area contributed by atoms with Crippen LogP contribution in [0.15, 0.2) is 29.2 Å². The van der Waals surface area contributed by atoms with Gasteiger partial charge >= 0.3 is 0 Å². The van der Waals surface area contributed by atoms with Crippen LogP contribution < -0.4 is 0 Å². The number of sulfone groups is 1. The maximum atomic E-state index is 12.6. The lowest BCUT2D eigenvalue weighted by Crippen LogP contribution is -2.49. The third-order valence-corrected chi connectivity index (χ3v) is 7.07. The summed E-state index contributed by atoms with van der Waals surface area (Å²) in [6.45, 7) is 1.48. The Morgan fingerprint density at radius 1 is 1.35 bits per heavy atom. The summed E-state index contributed by atoms with van der Waals surface area (Å²) in [5.74, 6) is -0.383. The fourth-order valence-electron chi connectivity index (χ4n) is 2.25. The molecule has 1 heterocycles. The van der Waals surface area contributed by atoms with Gasteiger partial charge in [-0.05, 0) is 19.1 Å². The summed E-state index contributed by atoms with van der Waals surface area (Å²) in [4.78, 5) is -0.0753. The Hall–Kier alpha value is -1.43. The van der Waals surface area contributed by atoms with Crippen molar-refractivity contribution in [2.24, 2.45) is 0 Å². The van der Waals surface area contributed by atoms with Crippen molar-refractivity contribution in [1.29, 1.82) is 5.26 Å². The summed E-state index contributed by atoms with van der Waals surface area (Å²) in [7, 11) is -7.05. The normalized spacial score (nSPS) is 23.1.